The third-order valence-electron chi connectivity index (χ3n) is 3.27. The maximum absolute atomic E-state index is 5.67. The van der Waals surface area contributed by atoms with Gasteiger partial charge in [0.25, 0.3) is 0 Å². The van der Waals surface area contributed by atoms with Gasteiger partial charge in [0.15, 0.2) is 0 Å². The van der Waals surface area contributed by atoms with Gasteiger partial charge in [-0.05, 0) is 30.5 Å². The fourth-order valence-corrected chi connectivity index (χ4v) is 2.40. The van der Waals surface area contributed by atoms with Gasteiger partial charge in [0.05, 0.1) is 19.3 Å². The summed E-state index contributed by atoms with van der Waals surface area (Å²) in [5.74, 6) is 0. The summed E-state index contributed by atoms with van der Waals surface area (Å²) in [7, 11) is 0. The average Bonchev–Trinajstić information content (AvgIpc) is 2.99. The molecule has 1 aromatic rings. The second-order valence-electron chi connectivity index (χ2n) is 4.54. The number of ether oxygens (including phenoxy) is 1. The van der Waals surface area contributed by atoms with Crippen LogP contribution < -0.4 is 5.32 Å². The van der Waals surface area contributed by atoms with Crippen molar-refractivity contribution in [3.63, 3.8) is 0 Å². The average molecular weight is 268 g/mol. The number of halogens is 1. The second-order valence-corrected chi connectivity index (χ2v) is 5.46. The predicted molar refractivity (Wildman–Crippen MR) is 62.8 cm³/mol. The molecule has 0 bridgehead atoms. The van der Waals surface area contributed by atoms with Crippen molar-refractivity contribution in [1.82, 2.24) is 5.32 Å². The molecule has 1 N–H and O–H groups in total. The first-order chi connectivity index (χ1) is 7.27. The monoisotopic (exact) mass is 267 g/mol. The molecule has 1 unspecified atom stereocenters. The van der Waals surface area contributed by atoms with Crippen LogP contribution in [0.4, 0.5) is 0 Å². The number of hydrogen-bond acceptors (Lipinski definition) is 2. The lowest BCUT2D eigenvalue weighted by atomic mass is 10.0. The number of nitrogens with one attached hydrogen (secondary N) is 1. The first kappa shape index (κ1) is 9.82. The molecule has 80 valence electrons. The van der Waals surface area contributed by atoms with Crippen molar-refractivity contribution in [2.75, 3.05) is 13.2 Å². The molecule has 1 saturated carbocycles. The minimum atomic E-state index is 0.315. The summed E-state index contributed by atoms with van der Waals surface area (Å²) in [5.41, 5.74) is 1.64. The molecule has 1 aromatic carbocycles. The fraction of sp³-hybridized carbons (Fsp3) is 0.500. The zero-order valence-electron chi connectivity index (χ0n) is 8.50. The fourth-order valence-electron chi connectivity index (χ4n) is 2.14. The molecule has 0 radical (unpaired) electrons. The van der Waals surface area contributed by atoms with Gasteiger partial charge in [-0.25, -0.2) is 0 Å². The van der Waals surface area contributed by atoms with Crippen LogP contribution in [0.1, 0.15) is 24.4 Å². The molecule has 1 aliphatic carbocycles. The summed E-state index contributed by atoms with van der Waals surface area (Å²) in [5, 5.41) is 3.70. The Bertz CT molecular complexity index is 358. The maximum Gasteiger partial charge on any atom is 0.0662 e. The molecule has 3 heteroatoms. The van der Waals surface area contributed by atoms with Crippen LogP contribution in [0.5, 0.6) is 0 Å². The lowest BCUT2D eigenvalue weighted by Gasteiger charge is -2.31. The van der Waals surface area contributed by atoms with Gasteiger partial charge in [-0.1, -0.05) is 28.1 Å². The van der Waals surface area contributed by atoms with E-state index in [9.17, 15) is 0 Å². The third kappa shape index (κ3) is 1.96. The third-order valence-corrected chi connectivity index (χ3v) is 3.80. The zero-order valence-corrected chi connectivity index (χ0v) is 10.1. The lowest BCUT2D eigenvalue weighted by Crippen LogP contribution is -2.45. The van der Waals surface area contributed by atoms with E-state index in [1.54, 1.807) is 0 Å². The summed E-state index contributed by atoms with van der Waals surface area (Å²) in [4.78, 5) is 0. The Balaban J connectivity index is 1.78. The van der Waals surface area contributed by atoms with E-state index in [2.05, 4.69) is 45.5 Å². The highest BCUT2D eigenvalue weighted by Crippen LogP contribution is 2.40. The van der Waals surface area contributed by atoms with E-state index in [1.165, 1.54) is 18.4 Å². The topological polar surface area (TPSA) is 21.3 Å². The van der Waals surface area contributed by atoms with Crippen LogP contribution in [0.15, 0.2) is 28.7 Å². The molecule has 2 nitrogen and oxygen atoms in total. The van der Waals surface area contributed by atoms with Crippen LogP contribution in [0.25, 0.3) is 0 Å². The predicted octanol–water partition coefficient (Wildman–Crippen LogP) is 2.64. The largest absolute Gasteiger partial charge is 0.378 e. The minimum absolute atomic E-state index is 0.315. The number of morpholine rings is 1. The van der Waals surface area contributed by atoms with Crippen molar-refractivity contribution < 1.29 is 4.74 Å². The highest BCUT2D eigenvalue weighted by molar-refractivity contribution is 9.10. The Morgan fingerprint density at radius 1 is 1.27 bits per heavy atom. The normalized spacial score (nSPS) is 27.9. The van der Waals surface area contributed by atoms with Crippen molar-refractivity contribution in [2.24, 2.45) is 0 Å². The van der Waals surface area contributed by atoms with Crippen molar-refractivity contribution in [2.45, 2.75) is 24.4 Å². The van der Waals surface area contributed by atoms with Crippen molar-refractivity contribution in [3.05, 3.63) is 34.3 Å². The van der Waals surface area contributed by atoms with Gasteiger partial charge in [-0.3, -0.25) is 0 Å². The summed E-state index contributed by atoms with van der Waals surface area (Å²) >= 11 is 3.45. The molecular weight excluding hydrogens is 254 g/mol. The molecule has 1 atom stereocenters. The summed E-state index contributed by atoms with van der Waals surface area (Å²) < 4.78 is 6.80. The van der Waals surface area contributed by atoms with Crippen molar-refractivity contribution in [3.8, 4) is 0 Å². The lowest BCUT2D eigenvalue weighted by molar-refractivity contribution is 0.0363. The van der Waals surface area contributed by atoms with Crippen LogP contribution in [-0.4, -0.2) is 18.8 Å². The summed E-state index contributed by atoms with van der Waals surface area (Å²) in [6, 6.07) is 8.87. The molecular formula is C12H14BrNO. The smallest absolute Gasteiger partial charge is 0.0662 e. The number of benzene rings is 1. The SMILES string of the molecule is Brc1ccc(C2COCC3(CC3)N2)cc1. The summed E-state index contributed by atoms with van der Waals surface area (Å²) in [6.45, 7) is 1.68. The molecule has 3 rings (SSSR count). The van der Waals surface area contributed by atoms with E-state index in [0.29, 0.717) is 11.6 Å². The van der Waals surface area contributed by atoms with Crippen molar-refractivity contribution in [1.29, 1.82) is 0 Å². The Morgan fingerprint density at radius 2 is 2.00 bits per heavy atom. The van der Waals surface area contributed by atoms with Crippen molar-refractivity contribution >= 4 is 15.9 Å². The number of rotatable bonds is 1. The molecule has 2 fully saturated rings. The quantitative estimate of drug-likeness (QED) is 0.845. The zero-order chi connectivity index (χ0) is 10.3. The van der Waals surface area contributed by atoms with Crippen LogP contribution in [-0.2, 0) is 4.74 Å². The minimum Gasteiger partial charge on any atom is -0.378 e. The molecule has 0 amide bonds. The van der Waals surface area contributed by atoms with Gasteiger partial charge in [-0.2, -0.15) is 0 Å². The van der Waals surface area contributed by atoms with E-state index in [0.717, 1.165) is 17.7 Å². The van der Waals surface area contributed by atoms with Crippen LogP contribution in [0, 0.1) is 0 Å². The molecule has 1 spiro atoms. The molecule has 15 heavy (non-hydrogen) atoms. The van der Waals surface area contributed by atoms with Crippen LogP contribution in [0.2, 0.25) is 0 Å². The van der Waals surface area contributed by atoms with Gasteiger partial charge in [0.2, 0.25) is 0 Å². The summed E-state index contributed by atoms with van der Waals surface area (Å²) in [6.07, 6.45) is 2.53. The van der Waals surface area contributed by atoms with Crippen LogP contribution >= 0.6 is 15.9 Å². The van der Waals surface area contributed by atoms with E-state index in [1.807, 2.05) is 0 Å². The first-order valence-electron chi connectivity index (χ1n) is 5.38. The van der Waals surface area contributed by atoms with Gasteiger partial charge < -0.3 is 10.1 Å². The molecule has 2 aliphatic rings. The molecule has 0 aromatic heterocycles. The number of hydrogen-bond donors (Lipinski definition) is 1. The Hall–Kier alpha value is -0.380. The van der Waals surface area contributed by atoms with Gasteiger partial charge in [0.1, 0.15) is 0 Å². The first-order valence-corrected chi connectivity index (χ1v) is 6.18. The van der Waals surface area contributed by atoms with E-state index < -0.39 is 0 Å². The maximum atomic E-state index is 5.67. The highest BCUT2D eigenvalue weighted by Gasteiger charge is 2.46. The van der Waals surface area contributed by atoms with Crippen LogP contribution in [0.3, 0.4) is 0 Å². The van der Waals surface area contributed by atoms with E-state index >= 15 is 0 Å². The standard InChI is InChI=1S/C12H14BrNO/c13-10-3-1-9(2-4-10)11-7-15-8-12(14-11)5-6-12/h1-4,11,14H,5-8H2. The van der Waals surface area contributed by atoms with Gasteiger partial charge >= 0.3 is 0 Å². The Labute approximate surface area is 98.1 Å². The molecule has 1 heterocycles. The Kier molecular flexibility index (Phi) is 2.34. The second kappa shape index (κ2) is 3.58. The van der Waals surface area contributed by atoms with Gasteiger partial charge in [0, 0.05) is 10.0 Å². The molecule has 1 aliphatic heterocycles. The van der Waals surface area contributed by atoms with E-state index in [4.69, 9.17) is 4.74 Å². The van der Waals surface area contributed by atoms with E-state index in [-0.39, 0.29) is 0 Å². The molecule has 1 saturated heterocycles. The Morgan fingerprint density at radius 3 is 2.67 bits per heavy atom. The van der Waals surface area contributed by atoms with Gasteiger partial charge in [-0.15, -0.1) is 0 Å². The highest BCUT2D eigenvalue weighted by atomic mass is 79.9.